The van der Waals surface area contributed by atoms with Crippen LogP contribution in [0, 0.1) is 0 Å². The molecule has 0 spiro atoms. The van der Waals surface area contributed by atoms with E-state index in [-0.39, 0.29) is 19.4 Å². The lowest BCUT2D eigenvalue weighted by molar-refractivity contribution is -0.332. The van der Waals surface area contributed by atoms with Crippen molar-refractivity contribution in [2.75, 3.05) is 26.4 Å². The molecule has 2 aliphatic rings. The van der Waals surface area contributed by atoms with Crippen LogP contribution in [0.3, 0.4) is 0 Å². The summed E-state index contributed by atoms with van der Waals surface area (Å²) in [6.07, 6.45) is 36.6. The smallest absolute Gasteiger partial charge is 0.306 e. The Morgan fingerprint density at radius 1 is 0.432 bits per heavy atom. The van der Waals surface area contributed by atoms with Crippen LogP contribution in [0.5, 0.6) is 0 Å². The van der Waals surface area contributed by atoms with Gasteiger partial charge in [0.1, 0.15) is 55.4 Å². The van der Waals surface area contributed by atoms with Crippen LogP contribution in [-0.4, -0.2) is 142 Å². The molecular formula is C59H102O15. The van der Waals surface area contributed by atoms with Gasteiger partial charge in [0.15, 0.2) is 18.7 Å². The van der Waals surface area contributed by atoms with Gasteiger partial charge in [0.2, 0.25) is 0 Å². The minimum atomic E-state index is -1.77. The van der Waals surface area contributed by atoms with Gasteiger partial charge in [-0.15, -0.1) is 0 Å². The highest BCUT2D eigenvalue weighted by Crippen LogP contribution is 2.26. The zero-order chi connectivity index (χ0) is 53.9. The van der Waals surface area contributed by atoms with Crippen molar-refractivity contribution in [3.63, 3.8) is 0 Å². The molecule has 2 heterocycles. The van der Waals surface area contributed by atoms with E-state index in [1.54, 1.807) is 0 Å². The predicted octanol–water partition coefficient (Wildman–Crippen LogP) is 9.61. The monoisotopic (exact) mass is 1050 g/mol. The van der Waals surface area contributed by atoms with Gasteiger partial charge in [-0.25, -0.2) is 0 Å². The molecule has 7 N–H and O–H groups in total. The molecule has 4 unspecified atom stereocenters. The van der Waals surface area contributed by atoms with E-state index in [2.05, 4.69) is 74.6 Å². The second-order valence-electron chi connectivity index (χ2n) is 20.1. The normalized spacial score (nSPS) is 25.1. The Kier molecular flexibility index (Phi) is 41.2. The van der Waals surface area contributed by atoms with E-state index in [9.17, 15) is 45.3 Å². The van der Waals surface area contributed by atoms with Crippen molar-refractivity contribution in [3.05, 3.63) is 60.8 Å². The first kappa shape index (κ1) is 67.3. The molecule has 0 bridgehead atoms. The van der Waals surface area contributed by atoms with Gasteiger partial charge in [0.05, 0.1) is 19.8 Å². The summed E-state index contributed by atoms with van der Waals surface area (Å²) in [6.45, 7) is 2.54. The fourth-order valence-corrected chi connectivity index (χ4v) is 8.72. The summed E-state index contributed by atoms with van der Waals surface area (Å²) in [7, 11) is 0. The Hall–Kier alpha value is -2.80. The average molecular weight is 1050 g/mol. The van der Waals surface area contributed by atoms with Gasteiger partial charge in [0, 0.05) is 12.8 Å². The number of hydrogen-bond acceptors (Lipinski definition) is 15. The van der Waals surface area contributed by atoms with Gasteiger partial charge in [0.25, 0.3) is 0 Å². The lowest BCUT2D eigenvalue weighted by Gasteiger charge is -2.42. The minimum absolute atomic E-state index is 0.126. The topological polar surface area (TPSA) is 231 Å². The first-order valence-electron chi connectivity index (χ1n) is 28.9. The highest BCUT2D eigenvalue weighted by molar-refractivity contribution is 5.70. The lowest BCUT2D eigenvalue weighted by atomic mass is 9.98. The first-order chi connectivity index (χ1) is 36.0. The van der Waals surface area contributed by atoms with Crippen molar-refractivity contribution >= 4 is 11.9 Å². The average Bonchev–Trinajstić information content (AvgIpc) is 3.39. The summed E-state index contributed by atoms with van der Waals surface area (Å²) in [4.78, 5) is 25.9. The maximum Gasteiger partial charge on any atom is 0.306 e. The number of allylic oxidation sites excluding steroid dienone is 10. The maximum atomic E-state index is 13.1. The molecule has 15 nitrogen and oxygen atoms in total. The summed E-state index contributed by atoms with van der Waals surface area (Å²) >= 11 is 0. The van der Waals surface area contributed by atoms with E-state index in [1.165, 1.54) is 103 Å². The molecule has 2 rings (SSSR count). The third kappa shape index (κ3) is 32.1. The zero-order valence-electron chi connectivity index (χ0n) is 45.6. The van der Waals surface area contributed by atoms with E-state index < -0.39 is 99.3 Å². The third-order valence-corrected chi connectivity index (χ3v) is 13.5. The molecule has 2 saturated heterocycles. The van der Waals surface area contributed by atoms with E-state index in [1.807, 2.05) is 0 Å². The molecule has 2 fully saturated rings. The fraction of sp³-hybridized carbons (Fsp3) is 0.797. The molecule has 74 heavy (non-hydrogen) atoms. The molecule has 0 aromatic carbocycles. The maximum absolute atomic E-state index is 13.1. The van der Waals surface area contributed by atoms with Crippen molar-refractivity contribution in [2.45, 2.75) is 274 Å². The molecule has 0 aliphatic carbocycles. The number of aliphatic hydroxyl groups is 7. The van der Waals surface area contributed by atoms with Gasteiger partial charge >= 0.3 is 11.9 Å². The van der Waals surface area contributed by atoms with E-state index in [0.29, 0.717) is 12.8 Å². The molecule has 0 amide bonds. The molecular weight excluding hydrogens is 949 g/mol. The summed E-state index contributed by atoms with van der Waals surface area (Å²) in [5, 5.41) is 72.3. The largest absolute Gasteiger partial charge is 0.462 e. The van der Waals surface area contributed by atoms with Crippen LogP contribution < -0.4 is 0 Å². The van der Waals surface area contributed by atoms with E-state index >= 15 is 0 Å². The van der Waals surface area contributed by atoms with Crippen molar-refractivity contribution in [1.29, 1.82) is 0 Å². The number of carbonyl (C=O) groups excluding carboxylic acids is 2. The second kappa shape index (κ2) is 45.2. The number of ether oxygens (including phenoxy) is 6. The summed E-state index contributed by atoms with van der Waals surface area (Å²) in [6, 6.07) is 0. The lowest BCUT2D eigenvalue weighted by Crippen LogP contribution is -2.61. The molecule has 11 atom stereocenters. The van der Waals surface area contributed by atoms with Crippen molar-refractivity contribution in [3.8, 4) is 0 Å². The molecule has 0 aromatic heterocycles. The molecule has 15 heteroatoms. The summed E-state index contributed by atoms with van der Waals surface area (Å²) in [5.41, 5.74) is 0. The van der Waals surface area contributed by atoms with Crippen molar-refractivity contribution in [1.82, 2.24) is 0 Å². The van der Waals surface area contributed by atoms with Crippen LogP contribution in [0.15, 0.2) is 60.8 Å². The third-order valence-electron chi connectivity index (χ3n) is 13.5. The first-order valence-corrected chi connectivity index (χ1v) is 28.9. The Bertz CT molecular complexity index is 1520. The predicted molar refractivity (Wildman–Crippen MR) is 289 cm³/mol. The molecule has 428 valence electrons. The van der Waals surface area contributed by atoms with Crippen LogP contribution in [0.1, 0.15) is 206 Å². The van der Waals surface area contributed by atoms with Crippen LogP contribution in [0.25, 0.3) is 0 Å². The van der Waals surface area contributed by atoms with Crippen LogP contribution in [0.2, 0.25) is 0 Å². The van der Waals surface area contributed by atoms with Crippen LogP contribution in [-0.2, 0) is 38.0 Å². The number of esters is 2. The van der Waals surface area contributed by atoms with Gasteiger partial charge in [-0.2, -0.15) is 0 Å². The van der Waals surface area contributed by atoms with E-state index in [0.717, 1.165) is 64.2 Å². The fourth-order valence-electron chi connectivity index (χ4n) is 8.72. The van der Waals surface area contributed by atoms with E-state index in [4.69, 9.17) is 28.4 Å². The summed E-state index contributed by atoms with van der Waals surface area (Å²) in [5.74, 6) is -0.962. The second-order valence-corrected chi connectivity index (χ2v) is 20.1. The number of unbranched alkanes of at least 4 members (excludes halogenated alkanes) is 21. The Balaban J connectivity index is 1.78. The summed E-state index contributed by atoms with van der Waals surface area (Å²) < 4.78 is 33.6. The van der Waals surface area contributed by atoms with Crippen LogP contribution >= 0.6 is 0 Å². The molecule has 0 aromatic rings. The van der Waals surface area contributed by atoms with Gasteiger partial charge in [-0.05, 0) is 83.5 Å². The molecule has 0 radical (unpaired) electrons. The van der Waals surface area contributed by atoms with Gasteiger partial charge in [-0.1, -0.05) is 171 Å². The Labute approximate surface area is 445 Å². The quantitative estimate of drug-likeness (QED) is 0.0171. The SMILES string of the molecule is CCCCC/C=C/C/C=C/C/C=C/C/C=C/CCCCCC(=O)O[C@@H](COC(=O)CCCCCCCCCCC/C=C/CCCCCCCC)CO[C@@H]1O[C@H](CO[C@@H]2O[C@H](CO)[C@H](O)C(O)C2O)[C@H](O)C(O)C1O. The molecule has 0 saturated carbocycles. The number of rotatable bonds is 45. The number of aliphatic hydroxyl groups excluding tert-OH is 7. The highest BCUT2D eigenvalue weighted by Gasteiger charge is 2.47. The minimum Gasteiger partial charge on any atom is -0.462 e. The Morgan fingerprint density at radius 2 is 0.811 bits per heavy atom. The van der Waals surface area contributed by atoms with Crippen LogP contribution in [0.4, 0.5) is 0 Å². The standard InChI is InChI=1S/C59H102O15/c1-3-5-7-9-11-13-15-17-19-21-23-25-27-29-31-33-35-37-39-41-50(61)69-44-47(72-51(62)42-40-38-36-34-32-30-28-26-24-22-20-18-16-14-12-10-8-6-4-2)45-70-58-57(68)55(66)53(64)49(74-58)46-71-59-56(67)54(65)52(63)48(43-60)73-59/h12,14,17-20,24,26,30,32,47-49,52-60,63-68H,3-11,13,15-16,21-23,25,27-29,31,33-46H2,1-2H3/b14-12+,19-17+,20-18+,26-24+,32-30+/t47-,48+,49+,52-,53-,54?,55?,56?,57?,58+,59+/m0/s1. The highest BCUT2D eigenvalue weighted by atomic mass is 16.7. The number of carbonyl (C=O) groups is 2. The van der Waals surface area contributed by atoms with Crippen molar-refractivity contribution < 1.29 is 73.8 Å². The van der Waals surface area contributed by atoms with Gasteiger partial charge < -0.3 is 64.2 Å². The Morgan fingerprint density at radius 3 is 1.32 bits per heavy atom. The van der Waals surface area contributed by atoms with Gasteiger partial charge in [-0.3, -0.25) is 9.59 Å². The van der Waals surface area contributed by atoms with Crippen molar-refractivity contribution in [2.24, 2.45) is 0 Å². The number of hydrogen-bond donors (Lipinski definition) is 7. The molecule has 2 aliphatic heterocycles. The zero-order valence-corrected chi connectivity index (χ0v) is 45.6.